The van der Waals surface area contributed by atoms with E-state index in [0.29, 0.717) is 5.75 Å². The van der Waals surface area contributed by atoms with Crippen LogP contribution >= 0.6 is 24.2 Å². The Balaban J connectivity index is 2.99. The maximum absolute atomic E-state index is 13.2. The highest BCUT2D eigenvalue weighted by molar-refractivity contribution is 7.80. The number of rotatable bonds is 4. The van der Waals surface area contributed by atoms with Crippen LogP contribution in [0, 0.1) is 5.82 Å². The Kier molecular flexibility index (Phi) is 4.86. The third-order valence-electron chi connectivity index (χ3n) is 2.22. The second kappa shape index (κ2) is 5.72. The van der Waals surface area contributed by atoms with Crippen molar-refractivity contribution in [2.24, 2.45) is 0 Å². The number of benzene rings is 1. The first-order valence-electron chi connectivity index (χ1n) is 4.68. The molecule has 6 heteroatoms. The predicted octanol–water partition coefficient (Wildman–Crippen LogP) is 1.78. The van der Waals surface area contributed by atoms with Crippen LogP contribution in [0.3, 0.4) is 0 Å². The van der Waals surface area contributed by atoms with Gasteiger partial charge in [-0.25, -0.2) is 4.39 Å². The molecule has 1 rings (SSSR count). The van der Waals surface area contributed by atoms with Gasteiger partial charge in [-0.15, -0.1) is 0 Å². The van der Waals surface area contributed by atoms with Crippen LogP contribution in [0.5, 0.6) is 0 Å². The molecule has 0 spiro atoms. The lowest BCUT2D eigenvalue weighted by atomic mass is 10.0. The van der Waals surface area contributed by atoms with Gasteiger partial charge in [0, 0.05) is 10.6 Å². The molecule has 0 radical (unpaired) electrons. The summed E-state index contributed by atoms with van der Waals surface area (Å²) in [6.45, 7) is 0. The monoisotopic (exact) mass is 265 g/mol. The van der Waals surface area contributed by atoms with Crippen LogP contribution in [0.4, 0.5) is 10.1 Å². The number of thiol groups is 1. The highest BCUT2D eigenvalue weighted by Gasteiger charge is 2.21. The first kappa shape index (κ1) is 13.6. The molecule has 2 atom stereocenters. The normalized spacial score (nSPS) is 14.8. The van der Waals surface area contributed by atoms with Crippen LogP contribution in [0.2, 0.25) is 5.02 Å². The fourth-order valence-corrected chi connectivity index (χ4v) is 1.85. The fraction of sp³-hybridized carbons (Fsp3) is 0.400. The van der Waals surface area contributed by atoms with E-state index in [1.807, 2.05) is 0 Å². The minimum absolute atomic E-state index is 0.0929. The molecule has 90 valence electrons. The zero-order chi connectivity index (χ0) is 12.3. The van der Waals surface area contributed by atoms with Crippen molar-refractivity contribution in [2.45, 2.75) is 18.6 Å². The zero-order valence-electron chi connectivity index (χ0n) is 8.40. The lowest BCUT2D eigenvalue weighted by Gasteiger charge is -2.18. The van der Waals surface area contributed by atoms with Crippen molar-refractivity contribution in [3.05, 3.63) is 28.5 Å². The number of aliphatic hydroxyl groups is 2. The number of aliphatic hydroxyl groups excluding tert-OH is 2. The van der Waals surface area contributed by atoms with Crippen LogP contribution in [0.25, 0.3) is 0 Å². The standard InChI is InChI=1S/C10H13ClFNO2S/c11-6-4-8(13)7(12)3-5(6)10(15)9(14)1-2-16/h3-4,9-10,14-16H,1-2,13H2. The molecule has 0 bridgehead atoms. The number of halogens is 2. The highest BCUT2D eigenvalue weighted by Crippen LogP contribution is 2.30. The van der Waals surface area contributed by atoms with Gasteiger partial charge in [0.05, 0.1) is 11.8 Å². The van der Waals surface area contributed by atoms with E-state index in [1.165, 1.54) is 6.07 Å². The smallest absolute Gasteiger partial charge is 0.146 e. The molecule has 0 saturated carbocycles. The molecular formula is C10H13ClFNO2S. The van der Waals surface area contributed by atoms with Gasteiger partial charge in [0.15, 0.2) is 0 Å². The molecule has 0 heterocycles. The van der Waals surface area contributed by atoms with Crippen molar-refractivity contribution in [3.63, 3.8) is 0 Å². The maximum atomic E-state index is 13.2. The van der Waals surface area contributed by atoms with Crippen molar-refractivity contribution in [3.8, 4) is 0 Å². The molecule has 0 aliphatic rings. The van der Waals surface area contributed by atoms with Crippen LogP contribution in [0.1, 0.15) is 18.1 Å². The Morgan fingerprint density at radius 3 is 2.62 bits per heavy atom. The number of hydrogen-bond acceptors (Lipinski definition) is 4. The molecule has 0 aromatic heterocycles. The van der Waals surface area contributed by atoms with E-state index >= 15 is 0 Å². The van der Waals surface area contributed by atoms with E-state index in [2.05, 4.69) is 12.6 Å². The molecule has 1 aromatic carbocycles. The molecule has 1 aromatic rings. The first-order valence-corrected chi connectivity index (χ1v) is 5.69. The summed E-state index contributed by atoms with van der Waals surface area (Å²) in [4.78, 5) is 0. The predicted molar refractivity (Wildman–Crippen MR) is 65.3 cm³/mol. The van der Waals surface area contributed by atoms with E-state index in [-0.39, 0.29) is 22.7 Å². The average molecular weight is 266 g/mol. The summed E-state index contributed by atoms with van der Waals surface area (Å²) in [5.41, 5.74) is 5.34. The summed E-state index contributed by atoms with van der Waals surface area (Å²) in [7, 11) is 0. The van der Waals surface area contributed by atoms with Crippen LogP contribution in [-0.2, 0) is 0 Å². The molecule has 0 aliphatic heterocycles. The molecule has 0 amide bonds. The lowest BCUT2D eigenvalue weighted by Crippen LogP contribution is -2.19. The van der Waals surface area contributed by atoms with Gasteiger partial charge in [0.25, 0.3) is 0 Å². The second-order valence-electron chi connectivity index (χ2n) is 3.42. The van der Waals surface area contributed by atoms with E-state index in [9.17, 15) is 14.6 Å². The SMILES string of the molecule is Nc1cc(Cl)c(C(O)C(O)CCS)cc1F. The Morgan fingerprint density at radius 1 is 1.44 bits per heavy atom. The summed E-state index contributed by atoms with van der Waals surface area (Å²) in [5, 5.41) is 19.4. The van der Waals surface area contributed by atoms with Crippen LogP contribution in [-0.4, -0.2) is 22.1 Å². The second-order valence-corrected chi connectivity index (χ2v) is 4.27. The molecule has 0 aliphatic carbocycles. The van der Waals surface area contributed by atoms with Gasteiger partial charge in [-0.2, -0.15) is 12.6 Å². The largest absolute Gasteiger partial charge is 0.396 e. The van der Waals surface area contributed by atoms with Crippen molar-refractivity contribution < 1.29 is 14.6 Å². The first-order chi connectivity index (χ1) is 7.47. The van der Waals surface area contributed by atoms with Crippen molar-refractivity contribution in [1.29, 1.82) is 0 Å². The third kappa shape index (κ3) is 3.01. The lowest BCUT2D eigenvalue weighted by molar-refractivity contribution is 0.0171. The van der Waals surface area contributed by atoms with Gasteiger partial charge in [0.1, 0.15) is 11.9 Å². The molecule has 16 heavy (non-hydrogen) atoms. The van der Waals surface area contributed by atoms with Gasteiger partial charge < -0.3 is 15.9 Å². The molecule has 0 fully saturated rings. The average Bonchev–Trinajstić information content (AvgIpc) is 2.23. The van der Waals surface area contributed by atoms with Gasteiger partial charge in [-0.1, -0.05) is 11.6 Å². The quantitative estimate of drug-likeness (QED) is 0.496. The molecule has 0 saturated heterocycles. The Hall–Kier alpha value is -0.490. The third-order valence-corrected chi connectivity index (χ3v) is 2.81. The molecular weight excluding hydrogens is 253 g/mol. The Labute approximate surface area is 103 Å². The van der Waals surface area contributed by atoms with E-state index in [1.54, 1.807) is 0 Å². The summed E-state index contributed by atoms with van der Waals surface area (Å²) in [6.07, 6.45) is -1.99. The van der Waals surface area contributed by atoms with Gasteiger partial charge in [-0.05, 0) is 24.3 Å². The van der Waals surface area contributed by atoms with Crippen molar-refractivity contribution in [2.75, 3.05) is 11.5 Å². The van der Waals surface area contributed by atoms with Crippen molar-refractivity contribution >= 4 is 29.9 Å². The van der Waals surface area contributed by atoms with E-state index in [4.69, 9.17) is 17.3 Å². The van der Waals surface area contributed by atoms with E-state index in [0.717, 1.165) is 6.07 Å². The fourth-order valence-electron chi connectivity index (χ4n) is 1.30. The highest BCUT2D eigenvalue weighted by atomic mass is 35.5. The maximum Gasteiger partial charge on any atom is 0.146 e. The number of hydrogen-bond donors (Lipinski definition) is 4. The minimum atomic E-state index is -1.24. The molecule has 2 unspecified atom stereocenters. The van der Waals surface area contributed by atoms with Crippen molar-refractivity contribution in [1.82, 2.24) is 0 Å². The van der Waals surface area contributed by atoms with Crippen LogP contribution < -0.4 is 5.73 Å². The summed E-state index contributed by atoms with van der Waals surface area (Å²) in [5.74, 6) is -0.260. The van der Waals surface area contributed by atoms with Gasteiger partial charge >= 0.3 is 0 Å². The number of nitrogen functional groups attached to an aromatic ring is 1. The molecule has 3 nitrogen and oxygen atoms in total. The Morgan fingerprint density at radius 2 is 2.06 bits per heavy atom. The zero-order valence-corrected chi connectivity index (χ0v) is 10.0. The molecule has 4 N–H and O–H groups in total. The summed E-state index contributed by atoms with van der Waals surface area (Å²) in [6, 6.07) is 2.24. The Bertz CT molecular complexity index is 378. The van der Waals surface area contributed by atoms with E-state index < -0.39 is 18.0 Å². The number of anilines is 1. The minimum Gasteiger partial charge on any atom is -0.396 e. The topological polar surface area (TPSA) is 66.5 Å². The van der Waals surface area contributed by atoms with Crippen LogP contribution in [0.15, 0.2) is 12.1 Å². The van der Waals surface area contributed by atoms with Gasteiger partial charge in [0.2, 0.25) is 0 Å². The summed E-state index contributed by atoms with van der Waals surface area (Å²) < 4.78 is 13.2. The summed E-state index contributed by atoms with van der Waals surface area (Å²) >= 11 is 9.74. The number of nitrogens with two attached hydrogens (primary N) is 1. The van der Waals surface area contributed by atoms with Gasteiger partial charge in [-0.3, -0.25) is 0 Å².